The summed E-state index contributed by atoms with van der Waals surface area (Å²) in [4.78, 5) is 12.1. The van der Waals surface area contributed by atoms with Gasteiger partial charge in [-0.05, 0) is 6.42 Å². The molecule has 1 heterocycles. The lowest BCUT2D eigenvalue weighted by Gasteiger charge is -2.31. The van der Waals surface area contributed by atoms with Crippen molar-refractivity contribution in [1.82, 2.24) is 0 Å². The van der Waals surface area contributed by atoms with Crippen molar-refractivity contribution in [2.75, 3.05) is 60.2 Å². The van der Waals surface area contributed by atoms with Gasteiger partial charge in [-0.1, -0.05) is 103 Å². The first kappa shape index (κ1) is 35.0. The summed E-state index contributed by atoms with van der Waals surface area (Å²) >= 11 is 0. The number of nitrogens with zero attached hydrogens (tertiary/aromatic N) is 1. The quantitative estimate of drug-likeness (QED) is 0.0622. The second kappa shape index (κ2) is 22.8. The lowest BCUT2D eigenvalue weighted by atomic mass is 10.0. The minimum absolute atomic E-state index is 0.0810. The summed E-state index contributed by atoms with van der Waals surface area (Å²) in [5, 5.41) is 0. The zero-order valence-electron chi connectivity index (χ0n) is 24.6. The maximum Gasteiger partial charge on any atom is 0.268 e. The molecule has 7 nitrogen and oxygen atoms in total. The fraction of sp³-hybridized carbons (Fsp3) is 1.00. The Kier molecular flexibility index (Phi) is 21.5. The van der Waals surface area contributed by atoms with Gasteiger partial charge in [-0.25, -0.2) is 0 Å². The Morgan fingerprint density at radius 3 is 1.70 bits per heavy atom. The molecule has 0 N–H and O–H groups in total. The zero-order chi connectivity index (χ0) is 27.1. The van der Waals surface area contributed by atoms with Gasteiger partial charge in [-0.15, -0.1) is 0 Å². The molecule has 0 amide bonds. The standard InChI is InChI=1S/C29H60NO6P/c1-4-5-6-7-8-9-10-11-12-13-14-15-16-17-18-21-25-34-27-29(33-3)28-36-37(31,32)35-26-24-30(2)22-19-20-23-30/h29H,4-28H2,1-3H3/t29-/m1/s1. The highest BCUT2D eigenvalue weighted by Crippen LogP contribution is 2.38. The molecule has 0 aromatic rings. The summed E-state index contributed by atoms with van der Waals surface area (Å²) in [7, 11) is -0.634. The first-order valence-electron chi connectivity index (χ1n) is 15.4. The molecular formula is C29H60NO6P. The monoisotopic (exact) mass is 549 g/mol. The van der Waals surface area contributed by atoms with Crippen LogP contribution in [-0.4, -0.2) is 70.8 Å². The summed E-state index contributed by atoms with van der Waals surface area (Å²) in [6, 6.07) is 0. The minimum atomic E-state index is -4.32. The van der Waals surface area contributed by atoms with Crippen molar-refractivity contribution in [3.63, 3.8) is 0 Å². The van der Waals surface area contributed by atoms with Gasteiger partial charge in [0.25, 0.3) is 7.82 Å². The number of phosphoric ester groups is 1. The molecule has 1 aliphatic rings. The van der Waals surface area contributed by atoms with Crippen LogP contribution in [0.4, 0.5) is 0 Å². The third-order valence-corrected chi connectivity index (χ3v) is 8.69. The molecule has 0 bridgehead atoms. The van der Waals surface area contributed by atoms with Crippen LogP contribution in [0.1, 0.15) is 122 Å². The molecule has 2 atom stereocenters. The van der Waals surface area contributed by atoms with Crippen molar-refractivity contribution in [2.24, 2.45) is 0 Å². The van der Waals surface area contributed by atoms with Crippen molar-refractivity contribution < 1.29 is 32.5 Å². The fourth-order valence-corrected chi connectivity index (χ4v) is 5.79. The number of ether oxygens (including phenoxy) is 2. The van der Waals surface area contributed by atoms with E-state index in [-0.39, 0.29) is 13.2 Å². The molecular weight excluding hydrogens is 489 g/mol. The van der Waals surface area contributed by atoms with Gasteiger partial charge in [0.15, 0.2) is 0 Å². The summed E-state index contributed by atoms with van der Waals surface area (Å²) in [5.41, 5.74) is 0. The van der Waals surface area contributed by atoms with Gasteiger partial charge in [-0.3, -0.25) is 4.57 Å². The van der Waals surface area contributed by atoms with Gasteiger partial charge in [0.05, 0.1) is 33.4 Å². The molecule has 1 fully saturated rings. The minimum Gasteiger partial charge on any atom is -0.756 e. The van der Waals surface area contributed by atoms with Crippen molar-refractivity contribution in [1.29, 1.82) is 0 Å². The van der Waals surface area contributed by atoms with E-state index in [1.807, 2.05) is 0 Å². The lowest BCUT2D eigenvalue weighted by molar-refractivity contribution is -0.897. The second-order valence-corrected chi connectivity index (χ2v) is 12.7. The van der Waals surface area contributed by atoms with Gasteiger partial charge >= 0.3 is 0 Å². The largest absolute Gasteiger partial charge is 0.756 e. The predicted molar refractivity (Wildman–Crippen MR) is 151 cm³/mol. The Morgan fingerprint density at radius 2 is 1.22 bits per heavy atom. The summed E-state index contributed by atoms with van der Waals surface area (Å²) in [6.45, 7) is 6.19. The van der Waals surface area contributed by atoms with Crippen LogP contribution < -0.4 is 4.89 Å². The van der Waals surface area contributed by atoms with Gasteiger partial charge in [0, 0.05) is 26.6 Å². The first-order valence-corrected chi connectivity index (χ1v) is 16.9. The molecule has 8 heteroatoms. The number of rotatable bonds is 27. The van der Waals surface area contributed by atoms with Gasteiger partial charge < -0.3 is 27.9 Å². The Labute approximate surface area is 229 Å². The average molecular weight is 550 g/mol. The molecule has 0 radical (unpaired) electrons. The van der Waals surface area contributed by atoms with E-state index in [0.717, 1.165) is 24.0 Å². The van der Waals surface area contributed by atoms with Crippen LogP contribution in [-0.2, 0) is 23.1 Å². The van der Waals surface area contributed by atoms with Crippen molar-refractivity contribution in [3.05, 3.63) is 0 Å². The highest BCUT2D eigenvalue weighted by Gasteiger charge is 2.27. The molecule has 37 heavy (non-hydrogen) atoms. The van der Waals surface area contributed by atoms with Crippen molar-refractivity contribution in [2.45, 2.75) is 129 Å². The van der Waals surface area contributed by atoms with Gasteiger partial charge in [-0.2, -0.15) is 0 Å². The highest BCUT2D eigenvalue weighted by molar-refractivity contribution is 7.45. The molecule has 0 spiro atoms. The summed E-state index contributed by atoms with van der Waals surface area (Å²) in [5.74, 6) is 0. The average Bonchev–Trinajstić information content (AvgIpc) is 3.31. The molecule has 0 aromatic heterocycles. The lowest BCUT2D eigenvalue weighted by Crippen LogP contribution is -2.43. The molecule has 1 aliphatic heterocycles. The first-order chi connectivity index (χ1) is 17.9. The molecule has 0 aliphatic carbocycles. The molecule has 1 saturated heterocycles. The SMILES string of the molecule is CCCCCCCCCCCCCCCCCCOC[C@H](COP(=O)([O-])OCC[N+]1(C)CCCC1)OC. The number of hydrogen-bond acceptors (Lipinski definition) is 6. The van der Waals surface area contributed by atoms with E-state index in [1.54, 1.807) is 7.11 Å². The van der Waals surface area contributed by atoms with Gasteiger partial charge in [0.2, 0.25) is 0 Å². The van der Waals surface area contributed by atoms with E-state index >= 15 is 0 Å². The highest BCUT2D eigenvalue weighted by atomic mass is 31.2. The summed E-state index contributed by atoms with van der Waals surface area (Å²) in [6.07, 6.45) is 23.5. The topological polar surface area (TPSA) is 77.1 Å². The van der Waals surface area contributed by atoms with Crippen LogP contribution in [0.3, 0.4) is 0 Å². The Hall–Kier alpha value is -0.0100. The van der Waals surface area contributed by atoms with E-state index in [0.29, 0.717) is 19.8 Å². The Morgan fingerprint density at radius 1 is 0.730 bits per heavy atom. The number of quaternary nitrogens is 1. The van der Waals surface area contributed by atoms with E-state index < -0.39 is 13.9 Å². The zero-order valence-corrected chi connectivity index (χ0v) is 25.5. The van der Waals surface area contributed by atoms with Crippen LogP contribution in [0.25, 0.3) is 0 Å². The maximum absolute atomic E-state index is 12.1. The number of phosphoric acid groups is 1. The molecule has 0 aromatic carbocycles. The van der Waals surface area contributed by atoms with Crippen LogP contribution in [0.5, 0.6) is 0 Å². The smallest absolute Gasteiger partial charge is 0.268 e. The van der Waals surface area contributed by atoms with E-state index in [9.17, 15) is 9.46 Å². The number of likely N-dealkylation sites (tertiary alicyclic amines) is 1. The normalized spacial score (nSPS) is 17.7. The van der Waals surface area contributed by atoms with E-state index in [1.165, 1.54) is 109 Å². The molecule has 222 valence electrons. The van der Waals surface area contributed by atoms with Crippen LogP contribution in [0, 0.1) is 0 Å². The number of likely N-dealkylation sites (N-methyl/N-ethyl adjacent to an activating group) is 1. The van der Waals surface area contributed by atoms with E-state index in [2.05, 4.69) is 14.0 Å². The third-order valence-electron chi connectivity index (χ3n) is 7.72. The third kappa shape index (κ3) is 20.5. The van der Waals surface area contributed by atoms with Gasteiger partial charge in [0.1, 0.15) is 19.3 Å². The Balaban J connectivity index is 1.88. The van der Waals surface area contributed by atoms with Crippen LogP contribution in [0.15, 0.2) is 0 Å². The second-order valence-electron chi connectivity index (χ2n) is 11.3. The maximum atomic E-state index is 12.1. The van der Waals surface area contributed by atoms with Crippen molar-refractivity contribution in [3.8, 4) is 0 Å². The number of hydrogen-bond donors (Lipinski definition) is 0. The predicted octanol–water partition coefficient (Wildman–Crippen LogP) is 7.02. The Bertz CT molecular complexity index is 559. The van der Waals surface area contributed by atoms with Crippen molar-refractivity contribution >= 4 is 7.82 Å². The van der Waals surface area contributed by atoms with E-state index in [4.69, 9.17) is 18.5 Å². The number of methoxy groups -OCH3 is 1. The molecule has 0 saturated carbocycles. The summed E-state index contributed by atoms with van der Waals surface area (Å²) < 4.78 is 34.0. The fourth-order valence-electron chi connectivity index (χ4n) is 5.06. The molecule has 1 rings (SSSR count). The molecule has 1 unspecified atom stereocenters. The van der Waals surface area contributed by atoms with Crippen LogP contribution in [0.2, 0.25) is 0 Å². The van der Waals surface area contributed by atoms with Crippen LogP contribution >= 0.6 is 7.82 Å². The number of unbranched alkanes of at least 4 members (excludes halogenated alkanes) is 15.